The molecule has 122 valence electrons. The van der Waals surface area contributed by atoms with Crippen LogP contribution in [0.3, 0.4) is 0 Å². The molecule has 0 saturated carbocycles. The smallest absolute Gasteiger partial charge is 0.0364 e. The molecule has 1 heteroatoms. The van der Waals surface area contributed by atoms with Gasteiger partial charge in [-0.15, -0.1) is 11.3 Å². The van der Waals surface area contributed by atoms with E-state index in [1.54, 1.807) is 0 Å². The summed E-state index contributed by atoms with van der Waals surface area (Å²) in [5.41, 5.74) is 1.36. The minimum atomic E-state index is 1.30. The highest BCUT2D eigenvalue weighted by Gasteiger charge is 2.12. The van der Waals surface area contributed by atoms with Crippen molar-refractivity contribution in [1.29, 1.82) is 0 Å². The number of fused-ring (bicyclic) bond motifs is 8. The van der Waals surface area contributed by atoms with E-state index in [-0.39, 0.29) is 0 Å². The third-order valence-electron chi connectivity index (χ3n) is 5.55. The lowest BCUT2D eigenvalue weighted by atomic mass is 9.94. The molecule has 0 N–H and O–H groups in total. The van der Waals surface area contributed by atoms with Gasteiger partial charge in [0.1, 0.15) is 0 Å². The van der Waals surface area contributed by atoms with Crippen LogP contribution in [0.1, 0.15) is 5.56 Å². The van der Waals surface area contributed by atoms with Crippen LogP contribution in [-0.2, 0) is 0 Å². The summed E-state index contributed by atoms with van der Waals surface area (Å²) in [4.78, 5) is 0. The van der Waals surface area contributed by atoms with Gasteiger partial charge in [-0.05, 0) is 69.1 Å². The number of hydrogen-bond donors (Lipinski definition) is 0. The molecular weight excluding hydrogens is 332 g/mol. The van der Waals surface area contributed by atoms with Gasteiger partial charge in [-0.1, -0.05) is 54.6 Å². The van der Waals surface area contributed by atoms with Crippen LogP contribution < -0.4 is 0 Å². The summed E-state index contributed by atoms with van der Waals surface area (Å²) in [5.74, 6) is 0. The molecule has 1 aromatic heterocycles. The van der Waals surface area contributed by atoms with Gasteiger partial charge in [0.05, 0.1) is 0 Å². The fraction of sp³-hybridized carbons (Fsp3) is 0.0400. The van der Waals surface area contributed by atoms with E-state index in [1.165, 1.54) is 58.1 Å². The number of thiophene rings is 1. The van der Waals surface area contributed by atoms with Gasteiger partial charge in [0.15, 0.2) is 0 Å². The lowest BCUT2D eigenvalue weighted by Crippen LogP contribution is -1.83. The third-order valence-corrected chi connectivity index (χ3v) is 6.67. The fourth-order valence-corrected chi connectivity index (χ4v) is 5.53. The van der Waals surface area contributed by atoms with Gasteiger partial charge in [-0.2, -0.15) is 0 Å². The lowest BCUT2D eigenvalue weighted by molar-refractivity contribution is 1.58. The molecule has 6 aromatic rings. The van der Waals surface area contributed by atoms with Crippen molar-refractivity contribution in [2.45, 2.75) is 6.92 Å². The Morgan fingerprint density at radius 1 is 0.538 bits per heavy atom. The maximum Gasteiger partial charge on any atom is 0.0364 e. The highest BCUT2D eigenvalue weighted by molar-refractivity contribution is 7.26. The zero-order chi connectivity index (χ0) is 17.3. The minimum absolute atomic E-state index is 1.30. The molecule has 6 rings (SSSR count). The maximum atomic E-state index is 2.42. The standard InChI is InChI=1S/C25H16S/c1-15-12-24-25(19-8-4-5-9-23(19)26-24)22-14-21-17(13-20(15)22)11-10-16-6-2-3-7-18(16)21/h2-14H,1H3. The Kier molecular flexibility index (Phi) is 2.78. The second-order valence-electron chi connectivity index (χ2n) is 7.07. The van der Waals surface area contributed by atoms with Crippen LogP contribution in [-0.4, -0.2) is 0 Å². The van der Waals surface area contributed by atoms with E-state index >= 15 is 0 Å². The summed E-state index contributed by atoms with van der Waals surface area (Å²) < 4.78 is 2.75. The normalized spacial score (nSPS) is 12.0. The van der Waals surface area contributed by atoms with Gasteiger partial charge >= 0.3 is 0 Å². The van der Waals surface area contributed by atoms with Crippen molar-refractivity contribution in [2.75, 3.05) is 0 Å². The van der Waals surface area contributed by atoms with Crippen LogP contribution in [0.2, 0.25) is 0 Å². The summed E-state index contributed by atoms with van der Waals surface area (Å²) in [6.45, 7) is 2.24. The largest absolute Gasteiger partial charge is 0.135 e. The van der Waals surface area contributed by atoms with Gasteiger partial charge < -0.3 is 0 Å². The number of rotatable bonds is 0. The summed E-state index contributed by atoms with van der Waals surface area (Å²) in [5, 5.41) is 10.8. The number of aryl methyl sites for hydroxylation is 1. The van der Waals surface area contributed by atoms with Crippen LogP contribution in [0.25, 0.3) is 52.5 Å². The Hall–Kier alpha value is -2.90. The van der Waals surface area contributed by atoms with E-state index in [1.807, 2.05) is 11.3 Å². The second kappa shape index (κ2) is 5.06. The SMILES string of the molecule is Cc1cc2sc3ccccc3c2c2cc3c(ccc4ccccc43)cc12. The summed E-state index contributed by atoms with van der Waals surface area (Å²) in [7, 11) is 0. The van der Waals surface area contributed by atoms with E-state index in [4.69, 9.17) is 0 Å². The molecule has 0 spiro atoms. The molecule has 0 aliphatic carbocycles. The van der Waals surface area contributed by atoms with Crippen LogP contribution >= 0.6 is 11.3 Å². The van der Waals surface area contributed by atoms with Crippen molar-refractivity contribution in [3.63, 3.8) is 0 Å². The van der Waals surface area contributed by atoms with E-state index in [0.717, 1.165) is 0 Å². The van der Waals surface area contributed by atoms with Crippen molar-refractivity contribution in [3.05, 3.63) is 84.4 Å². The van der Waals surface area contributed by atoms with Crippen molar-refractivity contribution in [3.8, 4) is 0 Å². The molecule has 0 atom stereocenters. The Balaban J connectivity index is 1.92. The zero-order valence-electron chi connectivity index (χ0n) is 14.4. The van der Waals surface area contributed by atoms with Gasteiger partial charge in [-0.25, -0.2) is 0 Å². The Morgan fingerprint density at radius 2 is 1.31 bits per heavy atom. The second-order valence-corrected chi connectivity index (χ2v) is 8.15. The van der Waals surface area contributed by atoms with Crippen molar-refractivity contribution >= 4 is 63.8 Å². The van der Waals surface area contributed by atoms with Crippen molar-refractivity contribution in [1.82, 2.24) is 0 Å². The quantitative estimate of drug-likeness (QED) is 0.194. The predicted octanol–water partition coefficient (Wildman–Crippen LogP) is 7.82. The summed E-state index contributed by atoms with van der Waals surface area (Å²) in [6.07, 6.45) is 0. The molecule has 0 fully saturated rings. The van der Waals surface area contributed by atoms with Crippen LogP contribution in [0.4, 0.5) is 0 Å². The average molecular weight is 348 g/mol. The van der Waals surface area contributed by atoms with E-state index < -0.39 is 0 Å². The van der Waals surface area contributed by atoms with Gasteiger partial charge in [0.2, 0.25) is 0 Å². The third kappa shape index (κ3) is 1.84. The number of hydrogen-bond acceptors (Lipinski definition) is 1. The van der Waals surface area contributed by atoms with Gasteiger partial charge in [0.25, 0.3) is 0 Å². The highest BCUT2D eigenvalue weighted by atomic mass is 32.1. The molecule has 0 nitrogen and oxygen atoms in total. The van der Waals surface area contributed by atoms with Crippen LogP contribution in [0.15, 0.2) is 78.9 Å². The first kappa shape index (κ1) is 14.3. The molecule has 26 heavy (non-hydrogen) atoms. The number of benzene rings is 5. The predicted molar refractivity (Wildman–Crippen MR) is 117 cm³/mol. The summed E-state index contributed by atoms with van der Waals surface area (Å²) in [6, 6.07) is 29.1. The highest BCUT2D eigenvalue weighted by Crippen LogP contribution is 2.41. The first-order valence-corrected chi connectivity index (χ1v) is 9.77. The maximum absolute atomic E-state index is 2.42. The molecule has 5 aromatic carbocycles. The molecule has 0 unspecified atom stereocenters. The Bertz CT molecular complexity index is 1480. The lowest BCUT2D eigenvalue weighted by Gasteiger charge is -2.10. The zero-order valence-corrected chi connectivity index (χ0v) is 15.2. The topological polar surface area (TPSA) is 0 Å². The molecule has 0 saturated heterocycles. The van der Waals surface area contributed by atoms with Gasteiger partial charge in [0, 0.05) is 20.2 Å². The molecule has 0 aliphatic rings. The summed E-state index contributed by atoms with van der Waals surface area (Å²) >= 11 is 1.90. The van der Waals surface area contributed by atoms with Crippen LogP contribution in [0.5, 0.6) is 0 Å². The molecule has 0 aliphatic heterocycles. The van der Waals surface area contributed by atoms with Crippen LogP contribution in [0, 0.1) is 6.92 Å². The van der Waals surface area contributed by atoms with E-state index in [2.05, 4.69) is 85.8 Å². The first-order chi connectivity index (χ1) is 12.8. The van der Waals surface area contributed by atoms with E-state index in [0.29, 0.717) is 0 Å². The molecular formula is C25H16S. The molecule has 0 amide bonds. The average Bonchev–Trinajstić information content (AvgIpc) is 3.05. The fourth-order valence-electron chi connectivity index (χ4n) is 4.31. The monoisotopic (exact) mass is 348 g/mol. The Labute approximate surface area is 155 Å². The molecule has 0 radical (unpaired) electrons. The first-order valence-electron chi connectivity index (χ1n) is 8.96. The van der Waals surface area contributed by atoms with Gasteiger partial charge in [-0.3, -0.25) is 0 Å². The van der Waals surface area contributed by atoms with Crippen molar-refractivity contribution < 1.29 is 0 Å². The van der Waals surface area contributed by atoms with E-state index in [9.17, 15) is 0 Å². The molecule has 1 heterocycles. The Morgan fingerprint density at radius 3 is 2.23 bits per heavy atom. The minimum Gasteiger partial charge on any atom is -0.135 e. The molecule has 0 bridgehead atoms. The van der Waals surface area contributed by atoms with Crippen molar-refractivity contribution in [2.24, 2.45) is 0 Å².